The summed E-state index contributed by atoms with van der Waals surface area (Å²) in [6.45, 7) is 4.05. The Bertz CT molecular complexity index is 590. The lowest BCUT2D eigenvalue weighted by Crippen LogP contribution is -2.32. The molecular formula is C15H16N2O3. The Balaban J connectivity index is 1.95. The number of Topliss-reactive ketones (excluding diaryl/α,β-unsaturated/α-hetero) is 1. The number of epoxide rings is 1. The zero-order valence-electron chi connectivity index (χ0n) is 11.5. The van der Waals surface area contributed by atoms with Crippen LogP contribution in [0.4, 0.5) is 0 Å². The molecule has 5 heteroatoms. The monoisotopic (exact) mass is 272 g/mol. The maximum atomic E-state index is 12.5. The van der Waals surface area contributed by atoms with Crippen LogP contribution >= 0.6 is 0 Å². The number of carbonyl (C=O) groups excluding carboxylic acids is 2. The zero-order chi connectivity index (χ0) is 14.3. The van der Waals surface area contributed by atoms with Crippen LogP contribution in [0.25, 0.3) is 0 Å². The van der Waals surface area contributed by atoms with Gasteiger partial charge in [-0.1, -0.05) is 30.3 Å². The first-order valence-electron chi connectivity index (χ1n) is 6.61. The average molecular weight is 272 g/mol. The summed E-state index contributed by atoms with van der Waals surface area (Å²) >= 11 is 0. The van der Waals surface area contributed by atoms with Crippen LogP contribution in [0.2, 0.25) is 0 Å². The van der Waals surface area contributed by atoms with E-state index in [4.69, 9.17) is 4.74 Å². The highest BCUT2D eigenvalue weighted by atomic mass is 16.6. The standard InChI is InChI=1S/C15H16N2O3/c1-10(18)17-8-12(11-6-4-3-5-7-11)13(16-17)14(19)15(2)9-20-15/h3-7,12H,8-9H2,1-2H3/t12-,15+/m1/s1. The van der Waals surface area contributed by atoms with Gasteiger partial charge in [0.2, 0.25) is 11.7 Å². The minimum absolute atomic E-state index is 0.116. The summed E-state index contributed by atoms with van der Waals surface area (Å²) in [5, 5.41) is 5.58. The molecule has 20 heavy (non-hydrogen) atoms. The Morgan fingerprint density at radius 2 is 2.00 bits per heavy atom. The maximum Gasteiger partial charge on any atom is 0.239 e. The summed E-state index contributed by atoms with van der Waals surface area (Å²) in [6, 6.07) is 9.66. The molecule has 0 N–H and O–H groups in total. The van der Waals surface area contributed by atoms with Crippen molar-refractivity contribution in [2.75, 3.05) is 13.2 Å². The molecule has 1 aromatic rings. The first-order chi connectivity index (χ1) is 9.51. The van der Waals surface area contributed by atoms with Crippen molar-refractivity contribution in [3.8, 4) is 0 Å². The van der Waals surface area contributed by atoms with Crippen molar-refractivity contribution in [2.24, 2.45) is 5.10 Å². The molecule has 1 saturated heterocycles. The van der Waals surface area contributed by atoms with Gasteiger partial charge in [0.05, 0.1) is 19.1 Å². The Labute approximate surface area is 117 Å². The zero-order valence-corrected chi connectivity index (χ0v) is 11.5. The van der Waals surface area contributed by atoms with Gasteiger partial charge in [0.1, 0.15) is 5.71 Å². The summed E-state index contributed by atoms with van der Waals surface area (Å²) in [6.07, 6.45) is 0. The van der Waals surface area contributed by atoms with Crippen molar-refractivity contribution in [1.82, 2.24) is 5.01 Å². The highest BCUT2D eigenvalue weighted by molar-refractivity contribution is 6.45. The average Bonchev–Trinajstić information content (AvgIpc) is 3.05. The van der Waals surface area contributed by atoms with Crippen LogP contribution in [0, 0.1) is 0 Å². The Morgan fingerprint density at radius 3 is 2.55 bits per heavy atom. The normalized spacial score (nSPS) is 28.2. The lowest BCUT2D eigenvalue weighted by Gasteiger charge is -2.14. The van der Waals surface area contributed by atoms with Crippen LogP contribution in [0.15, 0.2) is 35.4 Å². The van der Waals surface area contributed by atoms with Crippen molar-refractivity contribution < 1.29 is 14.3 Å². The fourth-order valence-corrected chi connectivity index (χ4v) is 2.36. The molecular weight excluding hydrogens is 256 g/mol. The van der Waals surface area contributed by atoms with Crippen LogP contribution in [0.3, 0.4) is 0 Å². The number of ether oxygens (including phenoxy) is 1. The minimum atomic E-state index is -0.751. The predicted molar refractivity (Wildman–Crippen MR) is 73.4 cm³/mol. The largest absolute Gasteiger partial charge is 0.361 e. The van der Waals surface area contributed by atoms with E-state index in [0.717, 1.165) is 5.56 Å². The predicted octanol–water partition coefficient (Wildman–Crippen LogP) is 1.35. The highest BCUT2D eigenvalue weighted by Gasteiger charge is 2.51. The Hall–Kier alpha value is -2.01. The summed E-state index contributed by atoms with van der Waals surface area (Å²) < 4.78 is 5.22. The lowest BCUT2D eigenvalue weighted by molar-refractivity contribution is -0.128. The number of hydrogen-bond donors (Lipinski definition) is 0. The first-order valence-corrected chi connectivity index (χ1v) is 6.61. The van der Waals surface area contributed by atoms with E-state index in [1.165, 1.54) is 11.9 Å². The van der Waals surface area contributed by atoms with E-state index < -0.39 is 5.60 Å². The van der Waals surface area contributed by atoms with Gasteiger partial charge in [-0.3, -0.25) is 9.59 Å². The molecule has 2 aliphatic rings. The van der Waals surface area contributed by atoms with E-state index in [1.54, 1.807) is 6.92 Å². The SMILES string of the molecule is CC(=O)N1C[C@H](c2ccccc2)C(C(=O)[C@]2(C)CO2)=N1. The number of amides is 1. The van der Waals surface area contributed by atoms with Gasteiger partial charge in [-0.2, -0.15) is 5.10 Å². The van der Waals surface area contributed by atoms with E-state index in [1.807, 2.05) is 30.3 Å². The lowest BCUT2D eigenvalue weighted by atomic mass is 9.88. The highest BCUT2D eigenvalue weighted by Crippen LogP contribution is 2.33. The van der Waals surface area contributed by atoms with Gasteiger partial charge in [-0.05, 0) is 12.5 Å². The Kier molecular flexibility index (Phi) is 2.94. The summed E-state index contributed by atoms with van der Waals surface area (Å²) in [5.41, 5.74) is 0.664. The molecule has 1 amide bonds. The third kappa shape index (κ3) is 2.14. The smallest absolute Gasteiger partial charge is 0.239 e. The second-order valence-electron chi connectivity index (χ2n) is 5.40. The number of hydrogen-bond acceptors (Lipinski definition) is 4. The third-order valence-corrected chi connectivity index (χ3v) is 3.77. The van der Waals surface area contributed by atoms with Crippen molar-refractivity contribution in [2.45, 2.75) is 25.4 Å². The van der Waals surface area contributed by atoms with E-state index in [0.29, 0.717) is 18.9 Å². The molecule has 0 bridgehead atoms. The fourth-order valence-electron chi connectivity index (χ4n) is 2.36. The fraction of sp³-hybridized carbons (Fsp3) is 0.400. The molecule has 2 aliphatic heterocycles. The van der Waals surface area contributed by atoms with Gasteiger partial charge < -0.3 is 4.74 Å². The molecule has 0 aromatic heterocycles. The van der Waals surface area contributed by atoms with Crippen LogP contribution < -0.4 is 0 Å². The quantitative estimate of drug-likeness (QED) is 0.780. The topological polar surface area (TPSA) is 62.3 Å². The molecule has 104 valence electrons. The number of benzene rings is 1. The van der Waals surface area contributed by atoms with Crippen LogP contribution in [0.1, 0.15) is 25.3 Å². The van der Waals surface area contributed by atoms with Gasteiger partial charge in [-0.25, -0.2) is 5.01 Å². The van der Waals surface area contributed by atoms with Crippen molar-refractivity contribution in [1.29, 1.82) is 0 Å². The van der Waals surface area contributed by atoms with Gasteiger partial charge in [0, 0.05) is 6.92 Å². The summed E-state index contributed by atoms with van der Waals surface area (Å²) in [5.74, 6) is -0.445. The molecule has 2 heterocycles. The number of nitrogens with zero attached hydrogens (tertiary/aromatic N) is 2. The summed E-state index contributed by atoms with van der Waals surface area (Å²) in [4.78, 5) is 24.0. The van der Waals surface area contributed by atoms with E-state index in [2.05, 4.69) is 5.10 Å². The molecule has 2 atom stereocenters. The molecule has 1 aromatic carbocycles. The van der Waals surface area contributed by atoms with Crippen LogP contribution in [-0.4, -0.2) is 41.2 Å². The van der Waals surface area contributed by atoms with Crippen molar-refractivity contribution in [3.05, 3.63) is 35.9 Å². The van der Waals surface area contributed by atoms with E-state index in [9.17, 15) is 9.59 Å². The number of ketones is 1. The molecule has 0 saturated carbocycles. The molecule has 0 unspecified atom stereocenters. The van der Waals surface area contributed by atoms with Crippen molar-refractivity contribution >= 4 is 17.4 Å². The van der Waals surface area contributed by atoms with Crippen molar-refractivity contribution in [3.63, 3.8) is 0 Å². The van der Waals surface area contributed by atoms with E-state index in [-0.39, 0.29) is 17.6 Å². The maximum absolute atomic E-state index is 12.5. The molecule has 0 spiro atoms. The molecule has 0 aliphatic carbocycles. The minimum Gasteiger partial charge on any atom is -0.361 e. The number of rotatable bonds is 3. The third-order valence-electron chi connectivity index (χ3n) is 3.77. The second kappa shape index (κ2) is 4.52. The Morgan fingerprint density at radius 1 is 1.35 bits per heavy atom. The van der Waals surface area contributed by atoms with E-state index >= 15 is 0 Å². The van der Waals surface area contributed by atoms with Crippen LogP contribution in [-0.2, 0) is 14.3 Å². The van der Waals surface area contributed by atoms with Gasteiger partial charge in [0.25, 0.3) is 0 Å². The first kappa shape index (κ1) is 13.0. The second-order valence-corrected chi connectivity index (χ2v) is 5.40. The molecule has 1 fully saturated rings. The molecule has 0 radical (unpaired) electrons. The molecule has 3 rings (SSSR count). The van der Waals surface area contributed by atoms with Gasteiger partial charge in [-0.15, -0.1) is 0 Å². The van der Waals surface area contributed by atoms with Gasteiger partial charge in [0.15, 0.2) is 5.60 Å². The summed E-state index contributed by atoms with van der Waals surface area (Å²) in [7, 11) is 0. The molecule has 5 nitrogen and oxygen atoms in total. The van der Waals surface area contributed by atoms with Crippen LogP contribution in [0.5, 0.6) is 0 Å². The number of hydrazone groups is 1. The van der Waals surface area contributed by atoms with Gasteiger partial charge >= 0.3 is 0 Å². The number of carbonyl (C=O) groups is 2.